The van der Waals surface area contributed by atoms with Gasteiger partial charge in [0, 0.05) is 44.8 Å². The molecule has 0 radical (unpaired) electrons. The highest BCUT2D eigenvalue weighted by atomic mass is 16.5. The number of piperazine rings is 1. The number of anilines is 1. The Kier molecular flexibility index (Phi) is 5.06. The van der Waals surface area contributed by atoms with Crippen LogP contribution in [-0.2, 0) is 13.1 Å². The molecule has 10 nitrogen and oxygen atoms in total. The first-order valence-corrected chi connectivity index (χ1v) is 10.5. The molecule has 0 unspecified atom stereocenters. The van der Waals surface area contributed by atoms with Gasteiger partial charge in [-0.3, -0.25) is 14.2 Å². The molecular formula is C21H24N6O4. The van der Waals surface area contributed by atoms with E-state index in [-0.39, 0.29) is 24.6 Å². The number of aliphatic hydroxyl groups excluding tert-OH is 1. The zero-order valence-electron chi connectivity index (χ0n) is 17.1. The third-order valence-corrected chi connectivity index (χ3v) is 5.86. The Balaban J connectivity index is 1.29. The van der Waals surface area contributed by atoms with Gasteiger partial charge in [-0.1, -0.05) is 0 Å². The third-order valence-electron chi connectivity index (χ3n) is 5.86. The van der Waals surface area contributed by atoms with E-state index in [2.05, 4.69) is 15.0 Å². The lowest BCUT2D eigenvalue weighted by molar-refractivity contribution is 0.0740. The van der Waals surface area contributed by atoms with Crippen molar-refractivity contribution in [3.8, 4) is 5.88 Å². The summed E-state index contributed by atoms with van der Waals surface area (Å²) < 4.78 is 8.83. The molecule has 2 aromatic heterocycles. The van der Waals surface area contributed by atoms with Crippen molar-refractivity contribution in [1.82, 2.24) is 24.2 Å². The maximum absolute atomic E-state index is 13.0. The number of aliphatic hydroxyl groups is 1. The van der Waals surface area contributed by atoms with Crippen molar-refractivity contribution in [1.29, 1.82) is 0 Å². The van der Waals surface area contributed by atoms with Crippen molar-refractivity contribution in [3.05, 3.63) is 46.6 Å². The monoisotopic (exact) mass is 424 g/mol. The minimum absolute atomic E-state index is 0.0487. The summed E-state index contributed by atoms with van der Waals surface area (Å²) in [7, 11) is 0. The fourth-order valence-corrected chi connectivity index (χ4v) is 4.16. The quantitative estimate of drug-likeness (QED) is 0.643. The molecule has 2 aliphatic heterocycles. The minimum atomic E-state index is -0.159. The number of aromatic nitrogens is 4. The van der Waals surface area contributed by atoms with Crippen LogP contribution in [0, 0.1) is 0 Å². The van der Waals surface area contributed by atoms with Crippen LogP contribution in [0.15, 0.2) is 35.5 Å². The average Bonchev–Trinajstić information content (AvgIpc) is 3.25. The van der Waals surface area contributed by atoms with Crippen molar-refractivity contribution in [3.63, 3.8) is 0 Å². The summed E-state index contributed by atoms with van der Waals surface area (Å²) in [6.45, 7) is 4.05. The van der Waals surface area contributed by atoms with Crippen LogP contribution < -0.4 is 15.2 Å². The van der Waals surface area contributed by atoms with E-state index in [1.165, 1.54) is 10.9 Å². The normalized spacial score (nSPS) is 16.3. The largest absolute Gasteiger partial charge is 0.477 e. The summed E-state index contributed by atoms with van der Waals surface area (Å²) in [6, 6.07) is 5.59. The molecule has 0 aliphatic carbocycles. The fraction of sp³-hybridized carbons (Fsp3) is 0.429. The van der Waals surface area contributed by atoms with E-state index >= 15 is 0 Å². The topological polar surface area (TPSA) is 106 Å². The molecule has 1 N–H and O–H groups in total. The number of fused-ring (bicyclic) bond motifs is 2. The molecule has 1 fully saturated rings. The van der Waals surface area contributed by atoms with Crippen molar-refractivity contribution in [2.75, 3.05) is 44.3 Å². The van der Waals surface area contributed by atoms with Gasteiger partial charge in [-0.05, 0) is 18.2 Å². The minimum Gasteiger partial charge on any atom is -0.477 e. The van der Waals surface area contributed by atoms with Crippen molar-refractivity contribution < 1.29 is 14.6 Å². The van der Waals surface area contributed by atoms with E-state index < -0.39 is 0 Å². The number of nitrogens with zero attached hydrogens (tertiary/aromatic N) is 6. The molecule has 0 atom stereocenters. The lowest BCUT2D eigenvalue weighted by Gasteiger charge is -2.36. The second-order valence-corrected chi connectivity index (χ2v) is 7.74. The van der Waals surface area contributed by atoms with Crippen LogP contribution in [0.3, 0.4) is 0 Å². The number of ether oxygens (including phenoxy) is 1. The first kappa shape index (κ1) is 19.6. The summed E-state index contributed by atoms with van der Waals surface area (Å²) >= 11 is 0. The van der Waals surface area contributed by atoms with Gasteiger partial charge in [0.2, 0.25) is 5.88 Å². The Morgan fingerprint density at radius 2 is 2.00 bits per heavy atom. The van der Waals surface area contributed by atoms with Gasteiger partial charge >= 0.3 is 0 Å². The Morgan fingerprint density at radius 1 is 1.16 bits per heavy atom. The molecule has 3 aromatic rings. The van der Waals surface area contributed by atoms with Crippen LogP contribution in [-0.4, -0.2) is 74.6 Å². The number of carbonyl (C=O) groups excluding carboxylic acids is 1. The smallest absolute Gasteiger partial charge is 0.261 e. The standard InChI is InChI=1S/C21H24N6O4/c28-10-9-26-14-22-18-12-15(2-3-16(18)19(26)29)24-5-7-25(8-6-24)20(30)17-13-23-27-4-1-11-31-21(17)27/h2-3,12-14,28H,1,4-11H2. The van der Waals surface area contributed by atoms with Crippen molar-refractivity contribution in [2.24, 2.45) is 0 Å². The van der Waals surface area contributed by atoms with E-state index in [4.69, 9.17) is 9.84 Å². The number of hydrogen-bond donors (Lipinski definition) is 1. The average molecular weight is 424 g/mol. The lowest BCUT2D eigenvalue weighted by atomic mass is 10.2. The SMILES string of the molecule is O=C(c1cnn2c1OCCC2)N1CCN(c2ccc3c(=O)n(CCO)cnc3c2)CC1. The van der Waals surface area contributed by atoms with Crippen molar-refractivity contribution in [2.45, 2.75) is 19.5 Å². The highest BCUT2D eigenvalue weighted by Gasteiger charge is 2.28. The summed E-state index contributed by atoms with van der Waals surface area (Å²) in [5, 5.41) is 13.9. The highest BCUT2D eigenvalue weighted by molar-refractivity contribution is 5.96. The molecule has 10 heteroatoms. The first-order valence-electron chi connectivity index (χ1n) is 10.5. The lowest BCUT2D eigenvalue weighted by Crippen LogP contribution is -2.48. The molecular weight excluding hydrogens is 400 g/mol. The molecule has 1 amide bonds. The Morgan fingerprint density at radius 3 is 2.81 bits per heavy atom. The van der Waals surface area contributed by atoms with Crippen LogP contribution >= 0.6 is 0 Å². The second-order valence-electron chi connectivity index (χ2n) is 7.74. The van der Waals surface area contributed by atoms with Gasteiger partial charge in [-0.15, -0.1) is 0 Å². The molecule has 2 aliphatic rings. The molecule has 0 saturated carbocycles. The van der Waals surface area contributed by atoms with Gasteiger partial charge in [-0.2, -0.15) is 5.10 Å². The maximum atomic E-state index is 13.0. The summed E-state index contributed by atoms with van der Waals surface area (Å²) in [4.78, 5) is 33.9. The Bertz CT molecular complexity index is 1180. The van der Waals surface area contributed by atoms with Gasteiger partial charge in [-0.25, -0.2) is 9.67 Å². The number of benzene rings is 1. The van der Waals surface area contributed by atoms with E-state index in [1.807, 2.05) is 17.0 Å². The van der Waals surface area contributed by atoms with E-state index in [1.54, 1.807) is 16.9 Å². The third kappa shape index (κ3) is 3.52. The van der Waals surface area contributed by atoms with Gasteiger partial charge in [0.05, 0.1) is 43.2 Å². The van der Waals surface area contributed by atoms with E-state index in [0.29, 0.717) is 55.1 Å². The van der Waals surface area contributed by atoms with Gasteiger partial charge < -0.3 is 19.6 Å². The van der Waals surface area contributed by atoms with E-state index in [0.717, 1.165) is 18.7 Å². The van der Waals surface area contributed by atoms with Crippen LogP contribution in [0.25, 0.3) is 10.9 Å². The molecule has 0 spiro atoms. The zero-order chi connectivity index (χ0) is 21.4. The van der Waals surface area contributed by atoms with Gasteiger partial charge in [0.1, 0.15) is 5.56 Å². The number of amides is 1. The predicted molar refractivity (Wildman–Crippen MR) is 114 cm³/mol. The molecule has 4 heterocycles. The molecule has 1 aromatic carbocycles. The Labute approximate surface area is 178 Å². The van der Waals surface area contributed by atoms with E-state index in [9.17, 15) is 9.59 Å². The van der Waals surface area contributed by atoms with Gasteiger partial charge in [0.25, 0.3) is 11.5 Å². The van der Waals surface area contributed by atoms with Gasteiger partial charge in [0.15, 0.2) is 0 Å². The fourth-order valence-electron chi connectivity index (χ4n) is 4.16. The summed E-state index contributed by atoms with van der Waals surface area (Å²) in [5.74, 6) is 0.526. The molecule has 162 valence electrons. The number of hydrogen-bond acceptors (Lipinski definition) is 7. The van der Waals surface area contributed by atoms with Crippen LogP contribution in [0.4, 0.5) is 5.69 Å². The molecule has 1 saturated heterocycles. The number of carbonyl (C=O) groups is 1. The zero-order valence-corrected chi connectivity index (χ0v) is 17.1. The second kappa shape index (κ2) is 8.03. The molecule has 0 bridgehead atoms. The van der Waals surface area contributed by atoms with Crippen LogP contribution in [0.1, 0.15) is 16.8 Å². The number of aryl methyl sites for hydroxylation is 1. The number of rotatable bonds is 4. The summed E-state index contributed by atoms with van der Waals surface area (Å²) in [6.07, 6.45) is 3.97. The molecule has 31 heavy (non-hydrogen) atoms. The van der Waals surface area contributed by atoms with Crippen LogP contribution in [0.2, 0.25) is 0 Å². The van der Waals surface area contributed by atoms with Crippen LogP contribution in [0.5, 0.6) is 5.88 Å². The predicted octanol–water partition coefficient (Wildman–Crippen LogP) is 0.330. The first-order chi connectivity index (χ1) is 15.2. The molecule has 5 rings (SSSR count). The Hall–Kier alpha value is -3.40. The maximum Gasteiger partial charge on any atom is 0.261 e. The highest BCUT2D eigenvalue weighted by Crippen LogP contribution is 2.25. The van der Waals surface area contributed by atoms with Crippen molar-refractivity contribution >= 4 is 22.5 Å². The summed E-state index contributed by atoms with van der Waals surface area (Å²) in [5.41, 5.74) is 1.96.